The molecule has 1 saturated heterocycles. The van der Waals surface area contributed by atoms with Gasteiger partial charge in [-0.05, 0) is 50.5 Å². The van der Waals surface area contributed by atoms with Crippen LogP contribution in [0.5, 0.6) is 0 Å². The number of anilines is 2. The highest BCUT2D eigenvalue weighted by atomic mass is 35.5. The van der Waals surface area contributed by atoms with Gasteiger partial charge >= 0.3 is 0 Å². The van der Waals surface area contributed by atoms with Crippen molar-refractivity contribution in [3.05, 3.63) is 40.7 Å². The zero-order chi connectivity index (χ0) is 19.2. The third-order valence-electron chi connectivity index (χ3n) is 5.11. The van der Waals surface area contributed by atoms with Crippen molar-refractivity contribution in [3.8, 4) is 0 Å². The summed E-state index contributed by atoms with van der Waals surface area (Å²) in [6.45, 7) is 6.89. The van der Waals surface area contributed by atoms with Crippen LogP contribution in [0.4, 0.5) is 11.4 Å². The van der Waals surface area contributed by atoms with Crippen LogP contribution in [0, 0.1) is 6.92 Å². The molecule has 1 N–H and O–H groups in total. The number of unbranched alkanes of at least 4 members (excludes halogenated alkanes) is 1. The summed E-state index contributed by atoms with van der Waals surface area (Å²) in [6.07, 6.45) is 7.17. The van der Waals surface area contributed by atoms with Crippen molar-refractivity contribution in [1.82, 2.24) is 9.78 Å². The van der Waals surface area contributed by atoms with E-state index in [0.717, 1.165) is 38.2 Å². The van der Waals surface area contributed by atoms with Crippen LogP contribution in [0.25, 0.3) is 0 Å². The van der Waals surface area contributed by atoms with Gasteiger partial charge in [-0.25, -0.2) is 0 Å². The Morgan fingerprint density at radius 1 is 1.15 bits per heavy atom. The molecule has 1 amide bonds. The molecule has 1 aliphatic heterocycles. The molecule has 0 aliphatic carbocycles. The monoisotopic (exact) mass is 388 g/mol. The average molecular weight is 389 g/mol. The Hall–Kier alpha value is -2.01. The van der Waals surface area contributed by atoms with Gasteiger partial charge < -0.3 is 10.2 Å². The Labute approximate surface area is 166 Å². The number of halogens is 1. The van der Waals surface area contributed by atoms with Crippen molar-refractivity contribution < 1.29 is 4.79 Å². The van der Waals surface area contributed by atoms with Crippen LogP contribution in [0.15, 0.2) is 24.3 Å². The SMILES string of the molecule is CCCCn1nc(C)c(C(=O)Nc2ccc(N3CCCCCC3)cc2)c1Cl. The molecule has 5 nitrogen and oxygen atoms in total. The molecular formula is C21H29ClN4O. The summed E-state index contributed by atoms with van der Waals surface area (Å²) >= 11 is 6.40. The van der Waals surface area contributed by atoms with E-state index in [4.69, 9.17) is 11.6 Å². The fourth-order valence-corrected chi connectivity index (χ4v) is 3.89. The molecule has 3 rings (SSSR count). The molecule has 27 heavy (non-hydrogen) atoms. The Morgan fingerprint density at radius 3 is 2.44 bits per heavy atom. The van der Waals surface area contributed by atoms with E-state index in [0.29, 0.717) is 16.4 Å². The third kappa shape index (κ3) is 4.83. The van der Waals surface area contributed by atoms with E-state index < -0.39 is 0 Å². The Morgan fingerprint density at radius 2 is 1.81 bits per heavy atom. The van der Waals surface area contributed by atoms with Crippen LogP contribution in [0.1, 0.15) is 61.5 Å². The molecule has 1 fully saturated rings. The topological polar surface area (TPSA) is 50.2 Å². The fraction of sp³-hybridized carbons (Fsp3) is 0.524. The molecule has 0 unspecified atom stereocenters. The van der Waals surface area contributed by atoms with Crippen LogP contribution in [0.2, 0.25) is 5.15 Å². The Kier molecular flexibility index (Phi) is 6.78. The zero-order valence-electron chi connectivity index (χ0n) is 16.3. The normalized spacial score (nSPS) is 14.9. The molecule has 0 atom stereocenters. The van der Waals surface area contributed by atoms with E-state index in [1.54, 1.807) is 4.68 Å². The molecule has 0 spiro atoms. The molecule has 2 aromatic rings. The van der Waals surface area contributed by atoms with E-state index >= 15 is 0 Å². The van der Waals surface area contributed by atoms with Gasteiger partial charge in [0.2, 0.25) is 0 Å². The van der Waals surface area contributed by atoms with Gasteiger partial charge in [0.05, 0.1) is 11.3 Å². The van der Waals surface area contributed by atoms with E-state index in [9.17, 15) is 4.79 Å². The summed E-state index contributed by atoms with van der Waals surface area (Å²) in [6, 6.07) is 8.09. The van der Waals surface area contributed by atoms with Gasteiger partial charge in [0, 0.05) is 31.0 Å². The van der Waals surface area contributed by atoms with Crippen LogP contribution in [-0.2, 0) is 6.54 Å². The van der Waals surface area contributed by atoms with E-state index in [1.165, 1.54) is 31.4 Å². The first-order chi connectivity index (χ1) is 13.1. The first kappa shape index (κ1) is 19.7. The molecule has 0 radical (unpaired) electrons. The van der Waals surface area contributed by atoms with Crippen molar-refractivity contribution in [2.45, 2.75) is 58.9 Å². The lowest BCUT2D eigenvalue weighted by molar-refractivity contribution is 0.102. The maximum atomic E-state index is 12.7. The van der Waals surface area contributed by atoms with Crippen LogP contribution < -0.4 is 10.2 Å². The number of benzene rings is 1. The molecule has 1 aromatic carbocycles. The maximum absolute atomic E-state index is 12.7. The molecule has 1 aliphatic rings. The number of hydrogen-bond donors (Lipinski definition) is 1. The van der Waals surface area contributed by atoms with Gasteiger partial charge in [-0.3, -0.25) is 9.48 Å². The number of rotatable bonds is 6. The highest BCUT2D eigenvalue weighted by molar-refractivity contribution is 6.33. The third-order valence-corrected chi connectivity index (χ3v) is 5.50. The largest absolute Gasteiger partial charge is 0.372 e. The average Bonchev–Trinajstić information content (AvgIpc) is 2.84. The second-order valence-corrected chi connectivity index (χ2v) is 7.59. The number of amides is 1. The van der Waals surface area contributed by atoms with Crippen LogP contribution in [-0.4, -0.2) is 28.8 Å². The number of hydrogen-bond acceptors (Lipinski definition) is 3. The summed E-state index contributed by atoms with van der Waals surface area (Å²) in [5, 5.41) is 7.78. The van der Waals surface area contributed by atoms with Gasteiger partial charge in [-0.1, -0.05) is 37.8 Å². The molecule has 0 bridgehead atoms. The lowest BCUT2D eigenvalue weighted by atomic mass is 10.2. The smallest absolute Gasteiger partial charge is 0.260 e. The second-order valence-electron chi connectivity index (χ2n) is 7.23. The van der Waals surface area contributed by atoms with Crippen molar-refractivity contribution in [3.63, 3.8) is 0 Å². The first-order valence-corrected chi connectivity index (χ1v) is 10.4. The molecule has 6 heteroatoms. The number of carbonyl (C=O) groups excluding carboxylic acids is 1. The summed E-state index contributed by atoms with van der Waals surface area (Å²) in [4.78, 5) is 15.1. The first-order valence-electron chi connectivity index (χ1n) is 9.99. The predicted molar refractivity (Wildman–Crippen MR) is 112 cm³/mol. The predicted octanol–water partition coefficient (Wildman–Crippen LogP) is 5.28. The fourth-order valence-electron chi connectivity index (χ4n) is 3.55. The van der Waals surface area contributed by atoms with Crippen LogP contribution >= 0.6 is 11.6 Å². The molecule has 146 valence electrons. The Balaban J connectivity index is 1.68. The van der Waals surface area contributed by atoms with Gasteiger partial charge in [0.1, 0.15) is 5.15 Å². The van der Waals surface area contributed by atoms with Crippen molar-refractivity contribution >= 4 is 28.9 Å². The molecule has 2 heterocycles. The minimum absolute atomic E-state index is 0.206. The Bertz CT molecular complexity index is 761. The van der Waals surface area contributed by atoms with Crippen molar-refractivity contribution in [2.24, 2.45) is 0 Å². The summed E-state index contributed by atoms with van der Waals surface area (Å²) in [5.41, 5.74) is 3.12. The molecule has 1 aromatic heterocycles. The van der Waals surface area contributed by atoms with E-state index in [1.807, 2.05) is 19.1 Å². The van der Waals surface area contributed by atoms with E-state index in [2.05, 4.69) is 34.4 Å². The molecular weight excluding hydrogens is 360 g/mol. The number of aryl methyl sites for hydroxylation is 2. The van der Waals surface area contributed by atoms with Gasteiger partial charge in [-0.2, -0.15) is 5.10 Å². The summed E-state index contributed by atoms with van der Waals surface area (Å²) in [5.74, 6) is -0.206. The minimum Gasteiger partial charge on any atom is -0.372 e. The quantitative estimate of drug-likeness (QED) is 0.732. The zero-order valence-corrected chi connectivity index (χ0v) is 17.1. The lowest BCUT2D eigenvalue weighted by Gasteiger charge is -2.22. The summed E-state index contributed by atoms with van der Waals surface area (Å²) < 4.78 is 1.72. The van der Waals surface area contributed by atoms with E-state index in [-0.39, 0.29) is 5.91 Å². The van der Waals surface area contributed by atoms with Crippen molar-refractivity contribution in [2.75, 3.05) is 23.3 Å². The minimum atomic E-state index is -0.206. The van der Waals surface area contributed by atoms with Gasteiger partial charge in [0.15, 0.2) is 0 Å². The lowest BCUT2D eigenvalue weighted by Crippen LogP contribution is -2.23. The standard InChI is InChI=1S/C21H29ClN4O/c1-3-4-15-26-20(22)19(16(2)24-26)21(27)23-17-9-11-18(12-10-17)25-13-7-5-6-8-14-25/h9-12H,3-8,13-15H2,1-2H3,(H,23,27). The maximum Gasteiger partial charge on any atom is 0.260 e. The number of nitrogens with zero attached hydrogens (tertiary/aromatic N) is 3. The van der Waals surface area contributed by atoms with Crippen LogP contribution in [0.3, 0.4) is 0 Å². The number of nitrogens with one attached hydrogen (secondary N) is 1. The highest BCUT2D eigenvalue weighted by Gasteiger charge is 2.20. The molecule has 0 saturated carbocycles. The summed E-state index contributed by atoms with van der Waals surface area (Å²) in [7, 11) is 0. The number of aromatic nitrogens is 2. The van der Waals surface area contributed by atoms with Gasteiger partial charge in [0.25, 0.3) is 5.91 Å². The van der Waals surface area contributed by atoms with Crippen molar-refractivity contribution in [1.29, 1.82) is 0 Å². The number of carbonyl (C=O) groups is 1. The second kappa shape index (κ2) is 9.27. The highest BCUT2D eigenvalue weighted by Crippen LogP contribution is 2.24. The van der Waals surface area contributed by atoms with Gasteiger partial charge in [-0.15, -0.1) is 0 Å².